The molecule has 0 unspecified atom stereocenters. The standard InChI is InChI=1S/C30H55N9O/c1-30(2,3)38-28(40)25-21-39(17-16-34-25)27-18-26(31)36-29(37-27)35-20-23-12-10-22(11-13-23)19-32-14-7-15-33-24-8-5-4-6-9-24/h18,22-25,32-34H,4-17,19-21H2,1-3H3,(H,38,40)(H3,31,35,36,37)/t22-,23-,25-/m0/s1. The number of rotatable bonds is 12. The fraction of sp³-hybridized carbons (Fsp3) is 0.833. The minimum Gasteiger partial charge on any atom is -0.383 e. The van der Waals surface area contributed by atoms with Crippen LogP contribution >= 0.6 is 0 Å². The molecule has 10 heteroatoms. The molecule has 1 amide bonds. The van der Waals surface area contributed by atoms with Crippen LogP contribution in [0, 0.1) is 11.8 Å². The van der Waals surface area contributed by atoms with Crippen molar-refractivity contribution in [3.63, 3.8) is 0 Å². The average Bonchev–Trinajstić information content (AvgIpc) is 2.94. The first-order valence-electron chi connectivity index (χ1n) is 15.9. The highest BCUT2D eigenvalue weighted by molar-refractivity contribution is 5.83. The number of nitrogen functional groups attached to an aromatic ring is 1. The summed E-state index contributed by atoms with van der Waals surface area (Å²) in [4.78, 5) is 24.0. The maximum Gasteiger partial charge on any atom is 0.239 e. The zero-order valence-electron chi connectivity index (χ0n) is 25.2. The summed E-state index contributed by atoms with van der Waals surface area (Å²) in [6, 6.07) is 2.28. The van der Waals surface area contributed by atoms with Crippen LogP contribution in [0.3, 0.4) is 0 Å². The first kappa shape index (κ1) is 30.8. The van der Waals surface area contributed by atoms with Gasteiger partial charge in [0.05, 0.1) is 0 Å². The molecule has 3 fully saturated rings. The van der Waals surface area contributed by atoms with E-state index >= 15 is 0 Å². The topological polar surface area (TPSA) is 132 Å². The fourth-order valence-electron chi connectivity index (χ4n) is 6.29. The van der Waals surface area contributed by atoms with E-state index in [-0.39, 0.29) is 17.5 Å². The second kappa shape index (κ2) is 15.2. The molecule has 7 N–H and O–H groups in total. The zero-order chi connectivity index (χ0) is 28.4. The van der Waals surface area contributed by atoms with E-state index in [2.05, 4.69) is 36.5 Å². The Kier molecular flexibility index (Phi) is 11.7. The van der Waals surface area contributed by atoms with Crippen molar-refractivity contribution in [2.24, 2.45) is 11.8 Å². The Morgan fingerprint density at radius 3 is 2.48 bits per heavy atom. The molecule has 0 aromatic carbocycles. The average molecular weight is 558 g/mol. The summed E-state index contributed by atoms with van der Waals surface area (Å²) >= 11 is 0. The Labute approximate surface area is 241 Å². The number of nitrogens with zero attached hydrogens (tertiary/aromatic N) is 3. The highest BCUT2D eigenvalue weighted by atomic mass is 16.2. The van der Waals surface area contributed by atoms with E-state index in [4.69, 9.17) is 10.7 Å². The molecule has 1 aliphatic heterocycles. The molecule has 1 aromatic rings. The monoisotopic (exact) mass is 557 g/mol. The largest absolute Gasteiger partial charge is 0.383 e. The van der Waals surface area contributed by atoms with Crippen LogP contribution in [0.4, 0.5) is 17.6 Å². The molecular formula is C30H55N9O. The van der Waals surface area contributed by atoms with Gasteiger partial charge in [-0.2, -0.15) is 9.97 Å². The summed E-state index contributed by atoms with van der Waals surface area (Å²) < 4.78 is 0. The van der Waals surface area contributed by atoms with Crippen molar-refractivity contribution in [3.05, 3.63) is 6.07 Å². The van der Waals surface area contributed by atoms with Gasteiger partial charge in [0.25, 0.3) is 0 Å². The van der Waals surface area contributed by atoms with Crippen LogP contribution in [0.15, 0.2) is 6.07 Å². The molecule has 0 spiro atoms. The third-order valence-electron chi connectivity index (χ3n) is 8.56. The van der Waals surface area contributed by atoms with Crippen LogP contribution in [-0.4, -0.2) is 79.3 Å². The molecule has 0 bridgehead atoms. The van der Waals surface area contributed by atoms with Gasteiger partial charge in [-0.25, -0.2) is 0 Å². The van der Waals surface area contributed by atoms with Gasteiger partial charge < -0.3 is 37.2 Å². The lowest BCUT2D eigenvalue weighted by molar-refractivity contribution is -0.124. The lowest BCUT2D eigenvalue weighted by Crippen LogP contribution is -2.59. The highest BCUT2D eigenvalue weighted by Crippen LogP contribution is 2.29. The molecule has 2 saturated carbocycles. The van der Waals surface area contributed by atoms with Gasteiger partial charge >= 0.3 is 0 Å². The quantitative estimate of drug-likeness (QED) is 0.215. The predicted octanol–water partition coefficient (Wildman–Crippen LogP) is 2.87. The number of aromatic nitrogens is 2. The molecule has 1 atom stereocenters. The molecule has 3 aliphatic rings. The molecule has 1 aromatic heterocycles. The maximum atomic E-state index is 12.7. The van der Waals surface area contributed by atoms with Crippen LogP contribution in [0.5, 0.6) is 0 Å². The van der Waals surface area contributed by atoms with Crippen molar-refractivity contribution in [1.29, 1.82) is 0 Å². The van der Waals surface area contributed by atoms with Gasteiger partial charge in [0, 0.05) is 43.8 Å². The lowest BCUT2D eigenvalue weighted by Gasteiger charge is -2.35. The molecule has 10 nitrogen and oxygen atoms in total. The van der Waals surface area contributed by atoms with Crippen molar-refractivity contribution in [2.45, 2.75) is 103 Å². The molecule has 226 valence electrons. The van der Waals surface area contributed by atoms with E-state index in [1.54, 1.807) is 6.07 Å². The van der Waals surface area contributed by atoms with Crippen LogP contribution in [0.25, 0.3) is 0 Å². The van der Waals surface area contributed by atoms with E-state index in [1.807, 2.05) is 20.8 Å². The molecule has 2 heterocycles. The summed E-state index contributed by atoms with van der Waals surface area (Å²) in [5, 5.41) is 17.3. The minimum absolute atomic E-state index is 0.00930. The number of piperazine rings is 1. The van der Waals surface area contributed by atoms with E-state index in [0.717, 1.165) is 50.5 Å². The van der Waals surface area contributed by atoms with Crippen molar-refractivity contribution in [3.8, 4) is 0 Å². The van der Waals surface area contributed by atoms with Gasteiger partial charge in [-0.15, -0.1) is 0 Å². The predicted molar refractivity (Wildman–Crippen MR) is 165 cm³/mol. The Hall–Kier alpha value is -2.17. The number of carbonyl (C=O) groups excluding carboxylic acids is 1. The third kappa shape index (κ3) is 10.3. The van der Waals surface area contributed by atoms with Gasteiger partial charge in [0.1, 0.15) is 17.7 Å². The smallest absolute Gasteiger partial charge is 0.239 e. The van der Waals surface area contributed by atoms with E-state index in [0.29, 0.717) is 30.8 Å². The third-order valence-corrected chi connectivity index (χ3v) is 8.56. The summed E-state index contributed by atoms with van der Waals surface area (Å²) in [7, 11) is 0. The number of nitrogens with two attached hydrogens (primary N) is 1. The summed E-state index contributed by atoms with van der Waals surface area (Å²) in [6.07, 6.45) is 13.2. The normalized spacial score (nSPS) is 24.6. The molecule has 0 radical (unpaired) electrons. The highest BCUT2D eigenvalue weighted by Gasteiger charge is 2.29. The van der Waals surface area contributed by atoms with Crippen LogP contribution in [0.2, 0.25) is 0 Å². The van der Waals surface area contributed by atoms with Crippen LogP contribution < -0.4 is 37.2 Å². The second-order valence-corrected chi connectivity index (χ2v) is 13.3. The lowest BCUT2D eigenvalue weighted by atomic mass is 9.82. The van der Waals surface area contributed by atoms with Gasteiger partial charge in [-0.3, -0.25) is 4.79 Å². The van der Waals surface area contributed by atoms with Gasteiger partial charge in [0.15, 0.2) is 0 Å². The van der Waals surface area contributed by atoms with Crippen molar-refractivity contribution >= 4 is 23.5 Å². The number of anilines is 3. The van der Waals surface area contributed by atoms with E-state index in [9.17, 15) is 4.79 Å². The van der Waals surface area contributed by atoms with Crippen molar-refractivity contribution in [1.82, 2.24) is 31.2 Å². The Morgan fingerprint density at radius 1 is 1.02 bits per heavy atom. The maximum absolute atomic E-state index is 12.7. The SMILES string of the molecule is CC(C)(C)NC(=O)[C@@H]1CN(c2cc(N)nc(NC[C@H]3CC[C@H](CNCCCNC4CCCCC4)CC3)n2)CCN1. The summed E-state index contributed by atoms with van der Waals surface area (Å²) in [5.41, 5.74) is 5.90. The van der Waals surface area contributed by atoms with Crippen LogP contribution in [0.1, 0.15) is 85.0 Å². The number of amides is 1. The summed E-state index contributed by atoms with van der Waals surface area (Å²) in [6.45, 7) is 12.3. The van der Waals surface area contributed by atoms with Gasteiger partial charge in [-0.1, -0.05) is 19.3 Å². The van der Waals surface area contributed by atoms with E-state index < -0.39 is 0 Å². The minimum atomic E-state index is -0.288. The number of hydrogen-bond acceptors (Lipinski definition) is 9. The van der Waals surface area contributed by atoms with Gasteiger partial charge in [-0.05, 0) is 97.2 Å². The summed E-state index contributed by atoms with van der Waals surface area (Å²) in [5.74, 6) is 3.23. The Balaban J connectivity index is 1.13. The number of hydrogen-bond donors (Lipinski definition) is 6. The Bertz CT molecular complexity index is 907. The van der Waals surface area contributed by atoms with Crippen molar-refractivity contribution in [2.75, 3.05) is 61.8 Å². The first-order chi connectivity index (χ1) is 19.2. The zero-order valence-corrected chi connectivity index (χ0v) is 25.2. The first-order valence-corrected chi connectivity index (χ1v) is 15.9. The molecule has 4 rings (SSSR count). The fourth-order valence-corrected chi connectivity index (χ4v) is 6.29. The molecule has 40 heavy (non-hydrogen) atoms. The van der Waals surface area contributed by atoms with Crippen LogP contribution in [-0.2, 0) is 4.79 Å². The molecule has 1 saturated heterocycles. The number of carbonyl (C=O) groups is 1. The Morgan fingerprint density at radius 2 is 1.75 bits per heavy atom. The second-order valence-electron chi connectivity index (χ2n) is 13.3. The number of nitrogens with one attached hydrogen (secondary N) is 5. The van der Waals surface area contributed by atoms with E-state index in [1.165, 1.54) is 64.2 Å². The van der Waals surface area contributed by atoms with Gasteiger partial charge in [0.2, 0.25) is 11.9 Å². The molecule has 2 aliphatic carbocycles. The molecular weight excluding hydrogens is 502 g/mol. The van der Waals surface area contributed by atoms with Crippen molar-refractivity contribution < 1.29 is 4.79 Å².